The van der Waals surface area contributed by atoms with Crippen LogP contribution in [0, 0.1) is 43.5 Å². The summed E-state index contributed by atoms with van der Waals surface area (Å²) in [5, 5.41) is 34.2. The van der Waals surface area contributed by atoms with E-state index >= 15 is 0 Å². The molecule has 1 amide bonds. The lowest BCUT2D eigenvalue weighted by molar-refractivity contribution is -0.384. The van der Waals surface area contributed by atoms with E-state index in [9.17, 15) is 57.0 Å². The van der Waals surface area contributed by atoms with Crippen molar-refractivity contribution < 1.29 is 41.4 Å². The van der Waals surface area contributed by atoms with Gasteiger partial charge in [0.15, 0.2) is 5.78 Å². The maximum atomic E-state index is 13.5. The molecule has 0 saturated heterocycles. The Kier molecular flexibility index (Phi) is 16.7. The minimum absolute atomic E-state index is 0.00208. The van der Waals surface area contributed by atoms with Gasteiger partial charge in [0.2, 0.25) is 11.8 Å². The maximum Gasteiger partial charge on any atom is 0.277 e. The Morgan fingerprint density at radius 2 is 1.03 bits per heavy atom. The number of hydrogen-bond donors (Lipinski definition) is 1. The van der Waals surface area contributed by atoms with E-state index in [1.54, 1.807) is 18.2 Å². The van der Waals surface area contributed by atoms with Crippen molar-refractivity contribution in [2.24, 2.45) is 0 Å². The Morgan fingerprint density at radius 1 is 0.571 bits per heavy atom. The monoisotopic (exact) mass is 1090 g/mol. The van der Waals surface area contributed by atoms with Gasteiger partial charge >= 0.3 is 0 Å². The van der Waals surface area contributed by atoms with Crippen LogP contribution < -0.4 is 16.4 Å². The molecule has 3 heterocycles. The van der Waals surface area contributed by atoms with Gasteiger partial charge in [-0.2, -0.15) is 0 Å². The molecule has 9 rings (SSSR count). The van der Waals surface area contributed by atoms with Gasteiger partial charge in [0.05, 0.1) is 27.5 Å². The van der Waals surface area contributed by atoms with E-state index in [-0.39, 0.29) is 68.3 Å². The summed E-state index contributed by atoms with van der Waals surface area (Å²) >= 11 is 12.1. The summed E-state index contributed by atoms with van der Waals surface area (Å²) in [7, 11) is 0. The van der Waals surface area contributed by atoms with Crippen LogP contribution in [0.4, 0.5) is 28.9 Å². The van der Waals surface area contributed by atoms with Gasteiger partial charge in [0, 0.05) is 70.7 Å². The number of nitro groups is 2. The average molecular weight is 1090 g/mol. The van der Waals surface area contributed by atoms with E-state index in [4.69, 9.17) is 27.6 Å². The number of benzene rings is 6. The van der Waals surface area contributed by atoms with Gasteiger partial charge in [-0.3, -0.25) is 39.4 Å². The number of carbonyl (C=O) groups excluding carboxylic acids is 2. The van der Waals surface area contributed by atoms with Crippen molar-refractivity contribution in [2.75, 3.05) is 6.54 Å². The number of nitrogens with one attached hydrogen (secondary N) is 1. The number of rotatable bonds is 16. The molecular weight excluding hydrogens is 1050 g/mol. The number of halogens is 6. The largest absolute Gasteiger partial charge is 0.418 e. The summed E-state index contributed by atoms with van der Waals surface area (Å²) in [6, 6.07) is 33.0. The van der Waals surface area contributed by atoms with Crippen molar-refractivity contribution in [1.29, 1.82) is 0 Å². The van der Waals surface area contributed by atoms with Crippen LogP contribution in [0.1, 0.15) is 39.5 Å². The van der Waals surface area contributed by atoms with E-state index < -0.39 is 74.6 Å². The summed E-state index contributed by atoms with van der Waals surface area (Å²) in [4.78, 5) is 74.1. The molecule has 6 aromatic carbocycles. The zero-order valence-electron chi connectivity index (χ0n) is 39.6. The Balaban J connectivity index is 0.000000204. The van der Waals surface area contributed by atoms with Crippen molar-refractivity contribution in [3.8, 4) is 33.7 Å². The average Bonchev–Trinajstić information content (AvgIpc) is 3.92. The molecule has 77 heavy (non-hydrogen) atoms. The second-order valence-corrected chi connectivity index (χ2v) is 17.8. The quantitative estimate of drug-likeness (QED) is 0.0545. The third-order valence-electron chi connectivity index (χ3n) is 11.9. The van der Waals surface area contributed by atoms with Crippen molar-refractivity contribution in [1.82, 2.24) is 24.6 Å². The SMILES string of the molecule is O=C(NCC(=O)C(Cc1ccc(F)cc1)n1ccc(-c2cc(Cl)ccc2[N+](=O)[O-])cc1=O)c1ccc(F)cc1.O=c1cc(-c2cc(Cl)ccc2[N+](=O)[O-])ccn1C(Cc1ccc(F)cc1)c1nnc(-c2ccc(F)cc2)o1. The molecule has 0 aliphatic heterocycles. The fourth-order valence-electron chi connectivity index (χ4n) is 8.05. The van der Waals surface area contributed by atoms with Gasteiger partial charge in [0.1, 0.15) is 35.4 Å². The van der Waals surface area contributed by atoms with Gasteiger partial charge in [0.25, 0.3) is 28.4 Å². The van der Waals surface area contributed by atoms with Crippen LogP contribution in [0.15, 0.2) is 184 Å². The van der Waals surface area contributed by atoms with Crippen molar-refractivity contribution in [3.63, 3.8) is 0 Å². The molecule has 0 radical (unpaired) electrons. The standard InChI is InChI=1S/C28H20ClF2N3O5.C27H17ClF2N4O4/c29-20-5-10-24(34(38)39)23(15-20)19-11-12-33(27(36)14-19)25(13-17-1-6-21(30)7-2-17)26(35)16-32-28(37)18-3-8-22(31)9-4-18;28-19-5-10-23(34(36)37)22(15-19)18-11-12-33(25(35)14-18)24(13-16-1-6-20(29)7-2-16)27-32-31-26(38-27)17-3-8-21(30)9-4-17/h1-12,14-15,25H,13,16H2,(H,32,37);1-12,14-15,24H,13H2. The normalized spacial score (nSPS) is 11.7. The van der Waals surface area contributed by atoms with Crippen LogP contribution in [-0.4, -0.2) is 47.4 Å². The Bertz CT molecular complexity index is 3780. The summed E-state index contributed by atoms with van der Waals surface area (Å²) in [5.74, 6) is -2.75. The van der Waals surface area contributed by atoms with Crippen LogP contribution in [-0.2, 0) is 17.6 Å². The van der Waals surface area contributed by atoms with Gasteiger partial charge in [-0.05, 0) is 131 Å². The predicted molar refractivity (Wildman–Crippen MR) is 276 cm³/mol. The number of hydrogen-bond acceptors (Lipinski definition) is 11. The lowest BCUT2D eigenvalue weighted by atomic mass is 10.0. The Labute approximate surface area is 442 Å². The predicted octanol–water partition coefficient (Wildman–Crippen LogP) is 11.4. The molecule has 3 aromatic heterocycles. The van der Waals surface area contributed by atoms with Crippen molar-refractivity contribution in [2.45, 2.75) is 24.9 Å². The van der Waals surface area contributed by atoms with Crippen LogP contribution in [0.5, 0.6) is 0 Å². The number of amides is 1. The molecule has 0 spiro atoms. The minimum Gasteiger partial charge on any atom is -0.418 e. The van der Waals surface area contributed by atoms with Crippen LogP contribution in [0.25, 0.3) is 33.7 Å². The van der Waals surface area contributed by atoms with Gasteiger partial charge in [-0.1, -0.05) is 47.5 Å². The molecule has 0 bridgehead atoms. The van der Waals surface area contributed by atoms with Crippen molar-refractivity contribution >= 4 is 46.3 Å². The number of nitrogens with zero attached hydrogens (tertiary/aromatic N) is 6. The molecule has 0 fully saturated rings. The van der Waals surface area contributed by atoms with Gasteiger partial charge in [-0.15, -0.1) is 10.2 Å². The molecule has 1 N–H and O–H groups in total. The third-order valence-corrected chi connectivity index (χ3v) is 12.4. The Hall–Kier alpha value is -9.40. The summed E-state index contributed by atoms with van der Waals surface area (Å²) in [6.07, 6.45) is 3.00. The zero-order chi connectivity index (χ0) is 54.9. The number of nitro benzene ring substituents is 2. The van der Waals surface area contributed by atoms with Crippen molar-refractivity contribution in [3.05, 3.63) is 267 Å². The van der Waals surface area contributed by atoms with Crippen LogP contribution >= 0.6 is 23.2 Å². The first-order valence-electron chi connectivity index (χ1n) is 22.9. The lowest BCUT2D eigenvalue weighted by Crippen LogP contribution is -2.38. The number of Topliss-reactive ketones (excluding diaryl/α,β-unsaturated/α-hetero) is 1. The first-order chi connectivity index (χ1) is 36.9. The summed E-state index contributed by atoms with van der Waals surface area (Å²) in [6.45, 7) is -0.448. The van der Waals surface area contributed by atoms with Gasteiger partial charge in [-0.25, -0.2) is 17.6 Å². The zero-order valence-corrected chi connectivity index (χ0v) is 41.1. The fraction of sp³-hybridized carbons (Fsp3) is 0.0909. The molecule has 388 valence electrons. The van der Waals surface area contributed by atoms with E-state index in [1.807, 2.05) is 0 Å². The summed E-state index contributed by atoms with van der Waals surface area (Å²) in [5.41, 5.74) is 1.15. The molecule has 9 aromatic rings. The first-order valence-corrected chi connectivity index (χ1v) is 23.6. The lowest BCUT2D eigenvalue weighted by Gasteiger charge is -2.20. The minimum atomic E-state index is -1.10. The van der Waals surface area contributed by atoms with E-state index in [1.165, 1.54) is 138 Å². The second-order valence-electron chi connectivity index (χ2n) is 17.0. The fourth-order valence-corrected chi connectivity index (χ4v) is 8.40. The highest BCUT2D eigenvalue weighted by atomic mass is 35.5. The number of pyridine rings is 2. The highest BCUT2D eigenvalue weighted by Gasteiger charge is 2.27. The second kappa shape index (κ2) is 23.9. The number of ketones is 1. The number of carbonyl (C=O) groups is 2. The number of aromatic nitrogens is 4. The van der Waals surface area contributed by atoms with Gasteiger partial charge < -0.3 is 18.9 Å². The molecule has 0 aliphatic rings. The van der Waals surface area contributed by atoms with E-state index in [0.29, 0.717) is 22.3 Å². The van der Waals surface area contributed by atoms with E-state index in [0.717, 1.165) is 22.8 Å². The summed E-state index contributed by atoms with van der Waals surface area (Å²) < 4.78 is 61.8. The molecule has 2 unspecified atom stereocenters. The Morgan fingerprint density at radius 3 is 1.51 bits per heavy atom. The molecule has 0 aliphatic carbocycles. The maximum absolute atomic E-state index is 13.5. The topological polar surface area (TPSA) is 215 Å². The van der Waals surface area contributed by atoms with Crippen LogP contribution in [0.2, 0.25) is 10.0 Å². The third kappa shape index (κ3) is 13.3. The van der Waals surface area contributed by atoms with E-state index in [2.05, 4.69) is 15.5 Å². The van der Waals surface area contributed by atoms with Crippen LogP contribution in [0.3, 0.4) is 0 Å². The molecule has 0 saturated carbocycles. The molecular formula is C55H37Cl2F4N7O9. The highest BCUT2D eigenvalue weighted by Crippen LogP contribution is 2.34. The molecule has 2 atom stereocenters. The molecule has 22 heteroatoms. The molecule has 16 nitrogen and oxygen atoms in total. The smallest absolute Gasteiger partial charge is 0.277 e. The first kappa shape index (κ1) is 53.9. The highest BCUT2D eigenvalue weighted by molar-refractivity contribution is 6.31.